The van der Waals surface area contributed by atoms with Gasteiger partial charge in [0, 0.05) is 12.9 Å². The van der Waals surface area contributed by atoms with Crippen molar-refractivity contribution >= 4 is 17.2 Å². The van der Waals surface area contributed by atoms with E-state index in [0.717, 1.165) is 0 Å². The van der Waals surface area contributed by atoms with Crippen LogP contribution in [0.25, 0.3) is 0 Å². The number of rotatable bonds is 8. The van der Waals surface area contributed by atoms with Gasteiger partial charge >= 0.3 is 6.09 Å². The second-order valence-corrected chi connectivity index (χ2v) is 7.18. The maximum Gasteiger partial charge on any atom is 0.408 e. The molecule has 1 atom stereocenters. The third-order valence-corrected chi connectivity index (χ3v) is 2.48. The van der Waals surface area contributed by atoms with Gasteiger partial charge in [0.2, 0.25) is 0 Å². The number of nitrogens with one attached hydrogen (secondary N) is 1. The lowest BCUT2D eigenvalue weighted by Gasteiger charge is -2.28. The number of carbonyl (C=O) groups is 1. The Hall–Kier alpha value is -0.660. The molecule has 7 heteroatoms. The van der Waals surface area contributed by atoms with Crippen LogP contribution < -0.4 is 5.32 Å². The van der Waals surface area contributed by atoms with E-state index in [0.29, 0.717) is 26.2 Å². The van der Waals surface area contributed by atoms with Crippen molar-refractivity contribution in [1.82, 2.24) is 5.32 Å². The molecule has 0 aromatic heterocycles. The summed E-state index contributed by atoms with van der Waals surface area (Å²) in [6.07, 6.45) is 1.67. The average Bonchev–Trinajstić information content (AvgIpc) is 2.18. The van der Waals surface area contributed by atoms with Gasteiger partial charge in [-0.15, -0.1) is 0 Å². The zero-order chi connectivity index (χ0) is 15.8. The molecule has 0 aliphatic heterocycles. The molecule has 20 heavy (non-hydrogen) atoms. The van der Waals surface area contributed by atoms with Crippen molar-refractivity contribution in [2.75, 3.05) is 26.1 Å². The normalized spacial score (nSPS) is 13.9. The molecule has 0 bridgehead atoms. The highest BCUT2D eigenvalue weighted by atomic mass is 32.2. The molecule has 0 saturated heterocycles. The molecule has 1 amide bonds. The summed E-state index contributed by atoms with van der Waals surface area (Å²) in [5, 5.41) is 2.76. The molecule has 1 unspecified atom stereocenters. The minimum absolute atomic E-state index is 0.363. The summed E-state index contributed by atoms with van der Waals surface area (Å²) in [6.45, 7) is 10.4. The van der Waals surface area contributed by atoms with Crippen LogP contribution in [0, 0.1) is 0 Å². The van der Waals surface area contributed by atoms with Crippen LogP contribution in [0.15, 0.2) is 0 Å². The largest absolute Gasteiger partial charge is 0.444 e. The summed E-state index contributed by atoms with van der Waals surface area (Å²) in [5.74, 6) is 0. The molecular weight excluding hydrogens is 282 g/mol. The molecule has 0 fully saturated rings. The summed E-state index contributed by atoms with van der Waals surface area (Å²) < 4.78 is 26.2. The molecule has 120 valence electrons. The summed E-state index contributed by atoms with van der Waals surface area (Å²) in [5.41, 5.74) is -1.04. The Morgan fingerprint density at radius 1 is 1.15 bits per heavy atom. The van der Waals surface area contributed by atoms with E-state index in [1.807, 2.05) is 34.6 Å². The minimum Gasteiger partial charge on any atom is -0.444 e. The highest BCUT2D eigenvalue weighted by molar-refractivity contribution is 7.79. The Labute approximate surface area is 124 Å². The standard InChI is InChI=1S/C13H27NO5S/c1-12(2,3)19-11(15)14-13(4,5)10-17-8-7-9-18-20(6)16/h7-10H2,1-6H3,(H,14,15). The first-order valence-corrected chi connectivity index (χ1v) is 8.06. The van der Waals surface area contributed by atoms with Crippen LogP contribution in [0.5, 0.6) is 0 Å². The Kier molecular flexibility index (Phi) is 8.30. The zero-order valence-corrected chi connectivity index (χ0v) is 14.1. The number of amides is 1. The van der Waals surface area contributed by atoms with Crippen LogP contribution in [0.4, 0.5) is 4.79 Å². The van der Waals surface area contributed by atoms with Crippen LogP contribution in [0.3, 0.4) is 0 Å². The smallest absolute Gasteiger partial charge is 0.408 e. The fourth-order valence-electron chi connectivity index (χ4n) is 1.28. The van der Waals surface area contributed by atoms with Gasteiger partial charge < -0.3 is 14.8 Å². The molecule has 6 nitrogen and oxygen atoms in total. The highest BCUT2D eigenvalue weighted by Gasteiger charge is 2.24. The molecule has 0 heterocycles. The zero-order valence-electron chi connectivity index (χ0n) is 13.3. The SMILES string of the molecule is CS(=O)OCCCOCC(C)(C)NC(=O)OC(C)(C)C. The van der Waals surface area contributed by atoms with Gasteiger partial charge in [0.1, 0.15) is 5.60 Å². The highest BCUT2D eigenvalue weighted by Crippen LogP contribution is 2.09. The lowest BCUT2D eigenvalue weighted by molar-refractivity contribution is 0.0334. The van der Waals surface area contributed by atoms with E-state index in [4.69, 9.17) is 13.7 Å². The fourth-order valence-corrected chi connectivity index (χ4v) is 1.63. The number of hydrogen-bond donors (Lipinski definition) is 1. The van der Waals surface area contributed by atoms with Gasteiger partial charge in [-0.25, -0.2) is 9.00 Å². The molecular formula is C13H27NO5S. The molecule has 0 radical (unpaired) electrons. The quantitative estimate of drug-likeness (QED) is 0.694. The third-order valence-electron chi connectivity index (χ3n) is 1.98. The molecule has 0 aliphatic carbocycles. The summed E-state index contributed by atoms with van der Waals surface area (Å²) in [4.78, 5) is 11.6. The van der Waals surface area contributed by atoms with Crippen molar-refractivity contribution in [3.63, 3.8) is 0 Å². The molecule has 0 spiro atoms. The van der Waals surface area contributed by atoms with Crippen molar-refractivity contribution in [2.24, 2.45) is 0 Å². The number of carbonyl (C=O) groups excluding carboxylic acids is 1. The maximum absolute atomic E-state index is 11.6. The Morgan fingerprint density at radius 2 is 1.75 bits per heavy atom. The third kappa shape index (κ3) is 12.4. The minimum atomic E-state index is -1.23. The second-order valence-electron chi connectivity index (χ2n) is 6.14. The van der Waals surface area contributed by atoms with Crippen molar-refractivity contribution in [3.05, 3.63) is 0 Å². The van der Waals surface area contributed by atoms with Gasteiger partial charge in [-0.3, -0.25) is 4.18 Å². The van der Waals surface area contributed by atoms with Crippen molar-refractivity contribution in [2.45, 2.75) is 52.2 Å². The van der Waals surface area contributed by atoms with Crippen LogP contribution in [0.1, 0.15) is 41.0 Å². The lowest BCUT2D eigenvalue weighted by atomic mass is 10.1. The van der Waals surface area contributed by atoms with Gasteiger partial charge in [-0.05, 0) is 41.0 Å². The van der Waals surface area contributed by atoms with Gasteiger partial charge in [0.05, 0.1) is 18.8 Å². The van der Waals surface area contributed by atoms with E-state index in [1.54, 1.807) is 0 Å². The van der Waals surface area contributed by atoms with E-state index in [9.17, 15) is 9.00 Å². The van der Waals surface area contributed by atoms with E-state index in [1.165, 1.54) is 6.26 Å². The molecule has 0 aromatic carbocycles. The van der Waals surface area contributed by atoms with Crippen molar-refractivity contribution in [1.29, 1.82) is 0 Å². The molecule has 0 aliphatic rings. The predicted molar refractivity (Wildman–Crippen MR) is 78.9 cm³/mol. The first kappa shape index (κ1) is 19.3. The monoisotopic (exact) mass is 309 g/mol. The maximum atomic E-state index is 11.6. The first-order valence-electron chi connectivity index (χ1n) is 6.57. The van der Waals surface area contributed by atoms with Crippen molar-refractivity contribution < 1.29 is 22.7 Å². The van der Waals surface area contributed by atoms with E-state index >= 15 is 0 Å². The van der Waals surface area contributed by atoms with Crippen LogP contribution in [-0.4, -0.2) is 47.5 Å². The van der Waals surface area contributed by atoms with E-state index < -0.39 is 28.3 Å². The van der Waals surface area contributed by atoms with E-state index in [2.05, 4.69) is 5.32 Å². The van der Waals surface area contributed by atoms with Crippen LogP contribution in [-0.2, 0) is 24.7 Å². The number of ether oxygens (including phenoxy) is 2. The fraction of sp³-hybridized carbons (Fsp3) is 0.923. The average molecular weight is 309 g/mol. The first-order chi connectivity index (χ1) is 9.02. The second kappa shape index (κ2) is 8.59. The topological polar surface area (TPSA) is 73.9 Å². The Bertz CT molecular complexity index is 325. The van der Waals surface area contributed by atoms with Crippen LogP contribution >= 0.6 is 0 Å². The molecule has 0 saturated carbocycles. The predicted octanol–water partition coefficient (Wildman–Crippen LogP) is 2.01. The number of hydrogen-bond acceptors (Lipinski definition) is 5. The van der Waals surface area contributed by atoms with Crippen molar-refractivity contribution in [3.8, 4) is 0 Å². The lowest BCUT2D eigenvalue weighted by Crippen LogP contribution is -2.48. The summed E-state index contributed by atoms with van der Waals surface area (Å²) in [6, 6.07) is 0. The van der Waals surface area contributed by atoms with Gasteiger partial charge in [-0.2, -0.15) is 0 Å². The summed E-state index contributed by atoms with van der Waals surface area (Å²) in [7, 11) is 0. The Balaban J connectivity index is 3.84. The van der Waals surface area contributed by atoms with Crippen LogP contribution in [0.2, 0.25) is 0 Å². The summed E-state index contributed by atoms with van der Waals surface area (Å²) >= 11 is -1.23. The number of alkyl carbamates (subject to hydrolysis) is 1. The molecule has 1 N–H and O–H groups in total. The van der Waals surface area contributed by atoms with E-state index in [-0.39, 0.29) is 0 Å². The molecule has 0 aromatic rings. The van der Waals surface area contributed by atoms with Gasteiger partial charge in [0.15, 0.2) is 11.1 Å². The van der Waals surface area contributed by atoms with Gasteiger partial charge in [-0.1, -0.05) is 0 Å². The Morgan fingerprint density at radius 3 is 2.25 bits per heavy atom. The van der Waals surface area contributed by atoms with Gasteiger partial charge in [0.25, 0.3) is 0 Å². The molecule has 0 rings (SSSR count).